The number of aromatic nitrogens is 1. The van der Waals surface area contributed by atoms with Crippen LogP contribution in [-0.4, -0.2) is 43.3 Å². The van der Waals surface area contributed by atoms with E-state index in [2.05, 4.69) is 28.3 Å². The van der Waals surface area contributed by atoms with Gasteiger partial charge in [0.25, 0.3) is 5.91 Å². The lowest BCUT2D eigenvalue weighted by atomic mass is 10.0. The van der Waals surface area contributed by atoms with E-state index >= 15 is 0 Å². The molecule has 7 nitrogen and oxygen atoms in total. The first-order valence-corrected chi connectivity index (χ1v) is 11.5. The van der Waals surface area contributed by atoms with Crippen LogP contribution in [0.4, 0.5) is 5.69 Å². The second kappa shape index (κ2) is 10.8. The Bertz CT molecular complexity index is 1240. The van der Waals surface area contributed by atoms with Crippen LogP contribution in [0.3, 0.4) is 0 Å². The van der Waals surface area contributed by atoms with Crippen LogP contribution >= 0.6 is 0 Å². The molecule has 34 heavy (non-hydrogen) atoms. The molecule has 0 atom stereocenters. The largest absolute Gasteiger partial charge is 0.492 e. The first kappa shape index (κ1) is 23.3. The molecule has 3 aromatic rings. The van der Waals surface area contributed by atoms with E-state index in [4.69, 9.17) is 14.7 Å². The van der Waals surface area contributed by atoms with Gasteiger partial charge in [0.05, 0.1) is 24.1 Å². The van der Waals surface area contributed by atoms with Gasteiger partial charge in [0.2, 0.25) is 0 Å². The maximum atomic E-state index is 12.8. The Morgan fingerprint density at radius 1 is 1.24 bits per heavy atom. The molecule has 1 aromatic heterocycles. The third-order valence-electron chi connectivity index (χ3n) is 5.75. The van der Waals surface area contributed by atoms with Crippen molar-refractivity contribution in [2.45, 2.75) is 25.8 Å². The topological polar surface area (TPSA) is 96.3 Å². The van der Waals surface area contributed by atoms with Crippen LogP contribution in [-0.2, 0) is 4.74 Å². The predicted molar refractivity (Wildman–Crippen MR) is 133 cm³/mol. The van der Waals surface area contributed by atoms with Gasteiger partial charge < -0.3 is 20.1 Å². The molecule has 0 radical (unpaired) electrons. The fourth-order valence-corrected chi connectivity index (χ4v) is 3.97. The number of hydrogen-bond acceptors (Lipinski definition) is 6. The zero-order valence-corrected chi connectivity index (χ0v) is 19.3. The van der Waals surface area contributed by atoms with Gasteiger partial charge in [-0.2, -0.15) is 5.26 Å². The Balaban J connectivity index is 1.66. The summed E-state index contributed by atoms with van der Waals surface area (Å²) < 4.78 is 11.2. The van der Waals surface area contributed by atoms with E-state index in [1.54, 1.807) is 6.07 Å². The number of amides is 1. The van der Waals surface area contributed by atoms with Crippen molar-refractivity contribution in [1.82, 2.24) is 10.3 Å². The smallest absolute Gasteiger partial charge is 0.270 e. The number of fused-ring (bicyclic) bond motifs is 1. The SMILES string of the molecule is C=C(C#N)CNc1c(OCC)ccc2ccc(-c3cccc(C(=O)NC4CCOCC4)n3)cc12. The average Bonchev–Trinajstić information content (AvgIpc) is 2.88. The Morgan fingerprint density at radius 2 is 2.03 bits per heavy atom. The van der Waals surface area contributed by atoms with E-state index < -0.39 is 0 Å². The summed E-state index contributed by atoms with van der Waals surface area (Å²) in [6.45, 7) is 7.85. The molecule has 1 saturated heterocycles. The Hall–Kier alpha value is -3.89. The molecule has 0 spiro atoms. The summed E-state index contributed by atoms with van der Waals surface area (Å²) in [5, 5.41) is 17.4. The van der Waals surface area contributed by atoms with Crippen LogP contribution < -0.4 is 15.4 Å². The number of carbonyl (C=O) groups excluding carboxylic acids is 1. The molecule has 2 N–H and O–H groups in total. The van der Waals surface area contributed by atoms with E-state index in [1.807, 2.05) is 49.4 Å². The van der Waals surface area contributed by atoms with Crippen molar-refractivity contribution in [3.8, 4) is 23.1 Å². The molecule has 1 amide bonds. The minimum Gasteiger partial charge on any atom is -0.492 e. The van der Waals surface area contributed by atoms with Crippen LogP contribution in [0.25, 0.3) is 22.0 Å². The molecule has 1 aliphatic rings. The molecule has 2 aromatic carbocycles. The van der Waals surface area contributed by atoms with Crippen molar-refractivity contribution in [2.75, 3.05) is 31.7 Å². The maximum Gasteiger partial charge on any atom is 0.270 e. The summed E-state index contributed by atoms with van der Waals surface area (Å²) in [5.41, 5.74) is 3.20. The minimum absolute atomic E-state index is 0.112. The van der Waals surface area contributed by atoms with Gasteiger partial charge >= 0.3 is 0 Å². The zero-order chi connectivity index (χ0) is 23.9. The molecule has 7 heteroatoms. The van der Waals surface area contributed by atoms with Crippen molar-refractivity contribution < 1.29 is 14.3 Å². The third-order valence-corrected chi connectivity index (χ3v) is 5.75. The van der Waals surface area contributed by atoms with Crippen LogP contribution in [0.5, 0.6) is 5.75 Å². The molecule has 0 saturated carbocycles. The zero-order valence-electron chi connectivity index (χ0n) is 19.3. The van der Waals surface area contributed by atoms with Crippen LogP contribution in [0.15, 0.2) is 60.7 Å². The highest BCUT2D eigenvalue weighted by atomic mass is 16.5. The Morgan fingerprint density at radius 3 is 2.79 bits per heavy atom. The van der Waals surface area contributed by atoms with E-state index in [1.165, 1.54) is 0 Å². The summed E-state index contributed by atoms with van der Waals surface area (Å²) in [4.78, 5) is 17.4. The second-order valence-electron chi connectivity index (χ2n) is 8.14. The average molecular weight is 457 g/mol. The highest BCUT2D eigenvalue weighted by molar-refractivity contribution is 5.99. The number of nitrogens with zero attached hydrogens (tertiary/aromatic N) is 2. The molecule has 0 unspecified atom stereocenters. The summed E-state index contributed by atoms with van der Waals surface area (Å²) in [6.07, 6.45) is 1.62. The Labute approximate surface area is 199 Å². The number of nitriles is 1. The van der Waals surface area contributed by atoms with Crippen molar-refractivity contribution in [2.24, 2.45) is 0 Å². The third kappa shape index (κ3) is 5.36. The number of rotatable bonds is 8. The molecular formula is C27H28N4O3. The van der Waals surface area contributed by atoms with Crippen LogP contribution in [0.2, 0.25) is 0 Å². The number of pyridine rings is 1. The number of nitrogens with one attached hydrogen (secondary N) is 2. The van der Waals surface area contributed by atoms with Gasteiger partial charge in [0.15, 0.2) is 0 Å². The minimum atomic E-state index is -0.175. The van der Waals surface area contributed by atoms with Gasteiger partial charge in [-0.3, -0.25) is 4.79 Å². The molecule has 1 fully saturated rings. The van der Waals surface area contributed by atoms with Gasteiger partial charge in [0, 0.05) is 42.3 Å². The van der Waals surface area contributed by atoms with Crippen molar-refractivity contribution in [3.63, 3.8) is 0 Å². The summed E-state index contributed by atoms with van der Waals surface area (Å²) in [6, 6.07) is 17.6. The maximum absolute atomic E-state index is 12.8. The quantitative estimate of drug-likeness (QED) is 0.477. The van der Waals surface area contributed by atoms with E-state index in [-0.39, 0.29) is 11.9 Å². The lowest BCUT2D eigenvalue weighted by molar-refractivity contribution is 0.0694. The fraction of sp³-hybridized carbons (Fsp3) is 0.296. The monoisotopic (exact) mass is 456 g/mol. The summed E-state index contributed by atoms with van der Waals surface area (Å²) >= 11 is 0. The summed E-state index contributed by atoms with van der Waals surface area (Å²) in [5.74, 6) is 0.529. The molecular weight excluding hydrogens is 428 g/mol. The van der Waals surface area contributed by atoms with Crippen molar-refractivity contribution in [1.29, 1.82) is 5.26 Å². The van der Waals surface area contributed by atoms with E-state index in [9.17, 15) is 4.79 Å². The summed E-state index contributed by atoms with van der Waals surface area (Å²) in [7, 11) is 0. The second-order valence-corrected chi connectivity index (χ2v) is 8.14. The molecule has 1 aliphatic heterocycles. The number of anilines is 1. The van der Waals surface area contributed by atoms with Crippen molar-refractivity contribution in [3.05, 3.63) is 66.4 Å². The standard InChI is InChI=1S/C27H28N4O3/c1-3-34-25-10-9-19-7-8-20(15-22(19)26(25)29-17-18(2)16-28)23-5-4-6-24(31-23)27(32)30-21-11-13-33-14-12-21/h4-10,15,21,29H,2-3,11-14,17H2,1H3,(H,30,32). The van der Waals surface area contributed by atoms with Gasteiger partial charge in [0.1, 0.15) is 11.4 Å². The highest BCUT2D eigenvalue weighted by Gasteiger charge is 2.18. The molecule has 0 aliphatic carbocycles. The first-order chi connectivity index (χ1) is 16.6. The number of carbonyl (C=O) groups is 1. The van der Waals surface area contributed by atoms with Crippen molar-refractivity contribution >= 4 is 22.4 Å². The van der Waals surface area contributed by atoms with E-state index in [0.29, 0.717) is 49.1 Å². The lowest BCUT2D eigenvalue weighted by Gasteiger charge is -2.23. The number of hydrogen-bond donors (Lipinski definition) is 2. The van der Waals surface area contributed by atoms with Gasteiger partial charge in [-0.25, -0.2) is 4.98 Å². The lowest BCUT2D eigenvalue weighted by Crippen LogP contribution is -2.39. The Kier molecular flexibility index (Phi) is 7.41. The van der Waals surface area contributed by atoms with E-state index in [0.717, 1.165) is 34.9 Å². The number of benzene rings is 2. The molecule has 174 valence electrons. The first-order valence-electron chi connectivity index (χ1n) is 11.5. The van der Waals surface area contributed by atoms with Crippen LogP contribution in [0, 0.1) is 11.3 Å². The molecule has 0 bridgehead atoms. The fourth-order valence-electron chi connectivity index (χ4n) is 3.97. The predicted octanol–water partition coefficient (Wildman–Crippen LogP) is 4.70. The molecule has 2 heterocycles. The highest BCUT2D eigenvalue weighted by Crippen LogP contribution is 2.36. The van der Waals surface area contributed by atoms with Gasteiger partial charge in [-0.05, 0) is 49.4 Å². The number of ether oxygens (including phenoxy) is 2. The van der Waals surface area contributed by atoms with Gasteiger partial charge in [-0.15, -0.1) is 0 Å². The normalized spacial score (nSPS) is 13.8. The van der Waals surface area contributed by atoms with Gasteiger partial charge in [-0.1, -0.05) is 30.8 Å². The van der Waals surface area contributed by atoms with Crippen LogP contribution in [0.1, 0.15) is 30.3 Å². The molecule has 4 rings (SSSR count).